The second kappa shape index (κ2) is 13.5. The molecule has 5 nitrogen and oxygen atoms in total. The van der Waals surface area contributed by atoms with Gasteiger partial charge in [0.15, 0.2) is 0 Å². The number of nitrogens with one attached hydrogen (secondary N) is 2. The number of hydrogen-bond acceptors (Lipinski definition) is 3. The predicted molar refractivity (Wildman–Crippen MR) is 136 cm³/mol. The molecule has 1 aliphatic rings. The second-order valence-corrected chi connectivity index (χ2v) is 9.27. The molecule has 2 amide bonds. The lowest BCUT2D eigenvalue weighted by molar-refractivity contribution is -0.116. The number of amides is 2. The zero-order chi connectivity index (χ0) is 24.3. The van der Waals surface area contributed by atoms with Gasteiger partial charge < -0.3 is 15.5 Å². The summed E-state index contributed by atoms with van der Waals surface area (Å²) < 4.78 is 13.0. The first-order valence-corrected chi connectivity index (χ1v) is 12.4. The Bertz CT molecular complexity index is 990. The number of carbonyl (C=O) groups is 2. The van der Waals surface area contributed by atoms with Gasteiger partial charge in [-0.05, 0) is 80.3 Å². The third kappa shape index (κ3) is 8.75. The number of halogens is 3. The van der Waals surface area contributed by atoms with Crippen LogP contribution in [0.4, 0.5) is 4.39 Å². The highest BCUT2D eigenvalue weighted by molar-refractivity contribution is 6.42. The van der Waals surface area contributed by atoms with Crippen LogP contribution < -0.4 is 10.6 Å². The number of piperidine rings is 1. The summed E-state index contributed by atoms with van der Waals surface area (Å²) in [5, 5.41) is 6.90. The smallest absolute Gasteiger partial charge is 0.251 e. The van der Waals surface area contributed by atoms with Gasteiger partial charge in [-0.1, -0.05) is 35.7 Å². The second-order valence-electron chi connectivity index (χ2n) is 8.45. The number of carbonyl (C=O) groups excluding carboxylic acids is 2. The van der Waals surface area contributed by atoms with Gasteiger partial charge in [-0.3, -0.25) is 9.59 Å². The Morgan fingerprint density at radius 3 is 2.44 bits per heavy atom. The standard InChI is InChI=1S/C26H30Cl2FN3O2/c27-23-10-4-19(18-24(23)28)5-11-25(33)30-14-2-1-3-15-32-16-12-22(13-17-32)31-26(34)20-6-8-21(29)9-7-20/h4-11,18,22H,1-3,12-17H2,(H,30,33)(H,31,34)/b11-5+. The topological polar surface area (TPSA) is 61.4 Å². The maximum atomic E-state index is 13.0. The molecule has 0 aliphatic carbocycles. The van der Waals surface area contributed by atoms with Gasteiger partial charge in [0.25, 0.3) is 5.91 Å². The number of hydrogen-bond donors (Lipinski definition) is 2. The van der Waals surface area contributed by atoms with Gasteiger partial charge in [0.2, 0.25) is 5.91 Å². The van der Waals surface area contributed by atoms with Crippen LogP contribution in [-0.4, -0.2) is 48.9 Å². The Balaban J connectivity index is 1.23. The molecule has 0 unspecified atom stereocenters. The van der Waals surface area contributed by atoms with Gasteiger partial charge in [0.1, 0.15) is 5.82 Å². The zero-order valence-corrected chi connectivity index (χ0v) is 20.5. The number of unbranched alkanes of at least 4 members (excludes halogenated alkanes) is 2. The third-order valence-electron chi connectivity index (χ3n) is 5.85. The molecule has 0 saturated carbocycles. The maximum Gasteiger partial charge on any atom is 0.251 e. The molecular weight excluding hydrogens is 476 g/mol. The number of likely N-dealkylation sites (tertiary alicyclic amines) is 1. The average molecular weight is 506 g/mol. The monoisotopic (exact) mass is 505 g/mol. The molecule has 0 bridgehead atoms. The Morgan fingerprint density at radius 1 is 1.00 bits per heavy atom. The summed E-state index contributed by atoms with van der Waals surface area (Å²) in [4.78, 5) is 26.6. The molecule has 182 valence electrons. The molecule has 34 heavy (non-hydrogen) atoms. The van der Waals surface area contributed by atoms with Gasteiger partial charge in [-0.2, -0.15) is 0 Å². The van der Waals surface area contributed by atoms with Gasteiger partial charge in [-0.25, -0.2) is 4.39 Å². The summed E-state index contributed by atoms with van der Waals surface area (Å²) >= 11 is 11.9. The van der Waals surface area contributed by atoms with Crippen LogP contribution in [0.1, 0.15) is 48.0 Å². The molecule has 3 rings (SSSR count). The van der Waals surface area contributed by atoms with E-state index in [2.05, 4.69) is 15.5 Å². The summed E-state index contributed by atoms with van der Waals surface area (Å²) in [6.45, 7) is 3.56. The summed E-state index contributed by atoms with van der Waals surface area (Å²) in [5.41, 5.74) is 1.31. The fraction of sp³-hybridized carbons (Fsp3) is 0.385. The van der Waals surface area contributed by atoms with Crippen LogP contribution in [0.5, 0.6) is 0 Å². The normalized spacial score (nSPS) is 14.9. The van der Waals surface area contributed by atoms with E-state index in [9.17, 15) is 14.0 Å². The molecule has 2 N–H and O–H groups in total. The highest BCUT2D eigenvalue weighted by atomic mass is 35.5. The summed E-state index contributed by atoms with van der Waals surface area (Å²) in [6, 6.07) is 11.0. The Labute approximate surface area is 210 Å². The lowest BCUT2D eigenvalue weighted by atomic mass is 10.0. The van der Waals surface area contributed by atoms with E-state index in [1.807, 2.05) is 0 Å². The predicted octanol–water partition coefficient (Wildman–Crippen LogP) is 5.33. The van der Waals surface area contributed by atoms with E-state index in [-0.39, 0.29) is 23.7 Å². The van der Waals surface area contributed by atoms with Gasteiger partial charge in [0, 0.05) is 37.3 Å². The van der Waals surface area contributed by atoms with E-state index in [0.717, 1.165) is 57.3 Å². The van der Waals surface area contributed by atoms with Crippen LogP contribution >= 0.6 is 23.2 Å². The van der Waals surface area contributed by atoms with Gasteiger partial charge >= 0.3 is 0 Å². The third-order valence-corrected chi connectivity index (χ3v) is 6.59. The van der Waals surface area contributed by atoms with Gasteiger partial charge in [0.05, 0.1) is 10.0 Å². The van der Waals surface area contributed by atoms with Crippen molar-refractivity contribution in [3.63, 3.8) is 0 Å². The van der Waals surface area contributed by atoms with E-state index in [1.54, 1.807) is 24.3 Å². The highest BCUT2D eigenvalue weighted by Gasteiger charge is 2.20. The Hall–Kier alpha value is -2.41. The van der Waals surface area contributed by atoms with Crippen LogP contribution in [0.15, 0.2) is 48.5 Å². The number of benzene rings is 2. The molecule has 1 fully saturated rings. The minimum Gasteiger partial charge on any atom is -0.353 e. The molecule has 8 heteroatoms. The molecule has 0 radical (unpaired) electrons. The molecule has 1 saturated heterocycles. The van der Waals surface area contributed by atoms with E-state index in [0.29, 0.717) is 22.2 Å². The van der Waals surface area contributed by atoms with Crippen molar-refractivity contribution in [2.45, 2.75) is 38.1 Å². The zero-order valence-electron chi connectivity index (χ0n) is 19.0. The fourth-order valence-electron chi connectivity index (χ4n) is 3.87. The van der Waals surface area contributed by atoms with E-state index in [1.165, 1.54) is 30.3 Å². The fourth-order valence-corrected chi connectivity index (χ4v) is 4.17. The van der Waals surface area contributed by atoms with Crippen LogP contribution in [0, 0.1) is 5.82 Å². The van der Waals surface area contributed by atoms with Crippen LogP contribution in [0.2, 0.25) is 10.0 Å². The first kappa shape index (κ1) is 26.2. The highest BCUT2D eigenvalue weighted by Crippen LogP contribution is 2.23. The molecular formula is C26H30Cl2FN3O2. The first-order chi connectivity index (χ1) is 16.4. The number of rotatable bonds is 10. The van der Waals surface area contributed by atoms with Crippen molar-refractivity contribution >= 4 is 41.1 Å². The van der Waals surface area contributed by atoms with Gasteiger partial charge in [-0.15, -0.1) is 0 Å². The number of nitrogens with zero attached hydrogens (tertiary/aromatic N) is 1. The first-order valence-electron chi connectivity index (χ1n) is 11.6. The molecule has 0 atom stereocenters. The summed E-state index contributed by atoms with van der Waals surface area (Å²) in [7, 11) is 0. The molecule has 0 spiro atoms. The maximum absolute atomic E-state index is 13.0. The van der Waals surface area contributed by atoms with Crippen molar-refractivity contribution in [2.75, 3.05) is 26.2 Å². The Morgan fingerprint density at radius 2 is 1.74 bits per heavy atom. The van der Waals surface area contributed by atoms with Crippen LogP contribution in [0.25, 0.3) is 6.08 Å². The SMILES string of the molecule is O=C(/C=C/c1ccc(Cl)c(Cl)c1)NCCCCCN1CCC(NC(=O)c2ccc(F)cc2)CC1. The minimum atomic E-state index is -0.344. The van der Waals surface area contributed by atoms with E-state index >= 15 is 0 Å². The molecule has 2 aromatic carbocycles. The molecule has 2 aromatic rings. The quantitative estimate of drug-likeness (QED) is 0.339. The van der Waals surface area contributed by atoms with E-state index in [4.69, 9.17) is 23.2 Å². The van der Waals surface area contributed by atoms with Crippen LogP contribution in [0.3, 0.4) is 0 Å². The molecule has 1 aliphatic heterocycles. The molecule has 1 heterocycles. The minimum absolute atomic E-state index is 0.129. The van der Waals surface area contributed by atoms with Crippen LogP contribution in [-0.2, 0) is 4.79 Å². The van der Waals surface area contributed by atoms with Crippen molar-refractivity contribution < 1.29 is 14.0 Å². The van der Waals surface area contributed by atoms with Crippen molar-refractivity contribution in [3.8, 4) is 0 Å². The summed E-state index contributed by atoms with van der Waals surface area (Å²) in [5.74, 6) is -0.618. The Kier molecular flexibility index (Phi) is 10.4. The average Bonchev–Trinajstić information content (AvgIpc) is 2.83. The van der Waals surface area contributed by atoms with Crippen molar-refractivity contribution in [1.29, 1.82) is 0 Å². The molecule has 0 aromatic heterocycles. The van der Waals surface area contributed by atoms with Crippen molar-refractivity contribution in [2.24, 2.45) is 0 Å². The van der Waals surface area contributed by atoms with Crippen molar-refractivity contribution in [1.82, 2.24) is 15.5 Å². The van der Waals surface area contributed by atoms with Crippen molar-refractivity contribution in [3.05, 3.63) is 75.5 Å². The lowest BCUT2D eigenvalue weighted by Crippen LogP contribution is -2.44. The lowest BCUT2D eigenvalue weighted by Gasteiger charge is -2.32. The summed E-state index contributed by atoms with van der Waals surface area (Å²) in [6.07, 6.45) is 8.07. The van der Waals surface area contributed by atoms with E-state index < -0.39 is 0 Å². The largest absolute Gasteiger partial charge is 0.353 e.